The summed E-state index contributed by atoms with van der Waals surface area (Å²) in [7, 11) is 1.54. The Morgan fingerprint density at radius 2 is 1.77 bits per heavy atom. The molecule has 35 heavy (non-hydrogen) atoms. The van der Waals surface area contributed by atoms with E-state index in [0.29, 0.717) is 17.0 Å². The monoisotopic (exact) mass is 464 g/mol. The summed E-state index contributed by atoms with van der Waals surface area (Å²) in [5.41, 5.74) is 3.78. The number of methoxy groups -OCH3 is 1. The summed E-state index contributed by atoms with van der Waals surface area (Å²) in [6.07, 6.45) is 3.31. The fourth-order valence-electron chi connectivity index (χ4n) is 3.72. The Kier molecular flexibility index (Phi) is 6.94. The Labute approximate surface area is 203 Å². The minimum atomic E-state index is -0.533. The number of benzene rings is 3. The molecular formula is C28H24N4O3. The minimum Gasteiger partial charge on any atom is -0.497 e. The number of nitriles is 1. The zero-order valence-electron chi connectivity index (χ0n) is 19.4. The molecule has 3 aromatic carbocycles. The topological polar surface area (TPSA) is 96.2 Å². The highest BCUT2D eigenvalue weighted by Crippen LogP contribution is 2.24. The number of carbonyl (C=O) groups is 2. The van der Waals surface area contributed by atoms with Gasteiger partial charge in [-0.05, 0) is 43.3 Å². The molecule has 0 saturated carbocycles. The average molecular weight is 465 g/mol. The summed E-state index contributed by atoms with van der Waals surface area (Å²) in [6, 6.07) is 24.0. The van der Waals surface area contributed by atoms with Gasteiger partial charge in [-0.3, -0.25) is 9.59 Å². The van der Waals surface area contributed by atoms with Crippen LogP contribution in [0.25, 0.3) is 17.0 Å². The number of nitrogens with zero attached hydrogens (tertiary/aromatic N) is 2. The van der Waals surface area contributed by atoms with E-state index in [2.05, 4.69) is 10.6 Å². The highest BCUT2D eigenvalue weighted by atomic mass is 16.5. The van der Waals surface area contributed by atoms with Crippen molar-refractivity contribution >= 4 is 40.2 Å². The van der Waals surface area contributed by atoms with Crippen LogP contribution in [0.1, 0.15) is 11.1 Å². The van der Waals surface area contributed by atoms with Gasteiger partial charge in [0.1, 0.15) is 23.9 Å². The molecule has 0 saturated heterocycles. The lowest BCUT2D eigenvalue weighted by Gasteiger charge is -2.07. The molecule has 7 heteroatoms. The van der Waals surface area contributed by atoms with Crippen LogP contribution in [0.2, 0.25) is 0 Å². The van der Waals surface area contributed by atoms with Gasteiger partial charge in [0.2, 0.25) is 5.91 Å². The molecule has 174 valence electrons. The zero-order valence-corrected chi connectivity index (χ0v) is 19.4. The molecule has 0 bridgehead atoms. The van der Waals surface area contributed by atoms with E-state index < -0.39 is 5.91 Å². The molecule has 0 atom stereocenters. The number of hydrogen-bond acceptors (Lipinski definition) is 4. The molecule has 0 spiro atoms. The molecule has 0 fully saturated rings. The molecule has 0 aliphatic carbocycles. The third-order valence-electron chi connectivity index (χ3n) is 5.46. The van der Waals surface area contributed by atoms with E-state index in [1.807, 2.05) is 61.5 Å². The largest absolute Gasteiger partial charge is 0.497 e. The first-order valence-corrected chi connectivity index (χ1v) is 11.0. The van der Waals surface area contributed by atoms with Crippen LogP contribution in [-0.4, -0.2) is 23.5 Å². The number of para-hydroxylation sites is 1. The Morgan fingerprint density at radius 3 is 2.51 bits per heavy atom. The van der Waals surface area contributed by atoms with Crippen LogP contribution >= 0.6 is 0 Å². The first kappa shape index (κ1) is 23.3. The van der Waals surface area contributed by atoms with Crippen molar-refractivity contribution in [2.45, 2.75) is 13.5 Å². The van der Waals surface area contributed by atoms with Crippen LogP contribution in [0.3, 0.4) is 0 Å². The molecule has 2 amide bonds. The van der Waals surface area contributed by atoms with Gasteiger partial charge in [-0.15, -0.1) is 0 Å². The summed E-state index contributed by atoms with van der Waals surface area (Å²) >= 11 is 0. The smallest absolute Gasteiger partial charge is 0.266 e. The Hall–Kier alpha value is -4.83. The zero-order chi connectivity index (χ0) is 24.8. The van der Waals surface area contributed by atoms with E-state index in [-0.39, 0.29) is 18.0 Å². The number of nitrogens with one attached hydrogen (secondary N) is 2. The van der Waals surface area contributed by atoms with Crippen molar-refractivity contribution in [1.29, 1.82) is 5.26 Å². The van der Waals surface area contributed by atoms with Crippen molar-refractivity contribution in [2.75, 3.05) is 17.7 Å². The van der Waals surface area contributed by atoms with Crippen LogP contribution < -0.4 is 15.4 Å². The molecule has 1 aromatic heterocycles. The summed E-state index contributed by atoms with van der Waals surface area (Å²) in [5.74, 6) is -0.117. The van der Waals surface area contributed by atoms with E-state index in [4.69, 9.17) is 4.74 Å². The highest BCUT2D eigenvalue weighted by Gasteiger charge is 2.14. The second-order valence-electron chi connectivity index (χ2n) is 8.00. The van der Waals surface area contributed by atoms with Crippen LogP contribution in [0, 0.1) is 18.3 Å². The van der Waals surface area contributed by atoms with Crippen molar-refractivity contribution < 1.29 is 14.3 Å². The lowest BCUT2D eigenvalue weighted by atomic mass is 10.1. The van der Waals surface area contributed by atoms with E-state index in [9.17, 15) is 14.9 Å². The van der Waals surface area contributed by atoms with Gasteiger partial charge in [0.15, 0.2) is 0 Å². The average Bonchev–Trinajstić information content (AvgIpc) is 3.20. The fraction of sp³-hybridized carbons (Fsp3) is 0.107. The van der Waals surface area contributed by atoms with E-state index in [1.165, 1.54) is 6.08 Å². The Balaban J connectivity index is 1.58. The predicted molar refractivity (Wildman–Crippen MR) is 137 cm³/mol. The quantitative estimate of drug-likeness (QED) is 0.292. The van der Waals surface area contributed by atoms with Crippen LogP contribution in [0.4, 0.5) is 11.4 Å². The maximum Gasteiger partial charge on any atom is 0.266 e. The van der Waals surface area contributed by atoms with Gasteiger partial charge in [-0.2, -0.15) is 5.26 Å². The molecule has 0 unspecified atom stereocenters. The third-order valence-corrected chi connectivity index (χ3v) is 5.46. The molecule has 4 aromatic rings. The van der Waals surface area contributed by atoms with Gasteiger partial charge in [-0.1, -0.05) is 42.0 Å². The van der Waals surface area contributed by atoms with Gasteiger partial charge in [0.25, 0.3) is 5.91 Å². The molecule has 0 aliphatic rings. The third kappa shape index (κ3) is 5.57. The van der Waals surface area contributed by atoms with E-state index in [0.717, 1.165) is 22.2 Å². The maximum absolute atomic E-state index is 12.8. The molecule has 0 aliphatic heterocycles. The summed E-state index contributed by atoms with van der Waals surface area (Å²) in [5, 5.41) is 16.1. The molecule has 4 rings (SSSR count). The van der Waals surface area contributed by atoms with Gasteiger partial charge < -0.3 is 19.9 Å². The normalized spacial score (nSPS) is 11.1. The first-order chi connectivity index (χ1) is 17.0. The summed E-state index contributed by atoms with van der Waals surface area (Å²) < 4.78 is 6.98. The number of rotatable bonds is 7. The van der Waals surface area contributed by atoms with E-state index in [1.54, 1.807) is 42.1 Å². The maximum atomic E-state index is 12.8. The number of carbonyl (C=O) groups excluding carboxylic acids is 2. The van der Waals surface area contributed by atoms with Crippen LogP contribution in [0.5, 0.6) is 5.75 Å². The van der Waals surface area contributed by atoms with Crippen LogP contribution in [-0.2, 0) is 16.1 Å². The number of amides is 2. The SMILES string of the molecule is COc1cccc(NC(=O)/C(C#N)=C/c2cn(CC(=O)Nc3ccc(C)cc3)c3ccccc23)c1. The minimum absolute atomic E-state index is 0.0557. The standard InChI is InChI=1S/C28H24N4O3/c1-19-10-12-22(13-11-19)30-27(33)18-32-17-21(25-8-3-4-9-26(25)32)14-20(16-29)28(34)31-23-6-5-7-24(15-23)35-2/h3-15,17H,18H2,1-2H3,(H,30,33)(H,31,34)/b20-14+. The molecule has 0 radical (unpaired) electrons. The number of hydrogen-bond donors (Lipinski definition) is 2. The van der Waals surface area contributed by atoms with Gasteiger partial charge in [0, 0.05) is 40.1 Å². The molecular weight excluding hydrogens is 440 g/mol. The molecule has 7 nitrogen and oxygen atoms in total. The van der Waals surface area contributed by atoms with Crippen molar-refractivity contribution in [3.05, 3.63) is 95.7 Å². The van der Waals surface area contributed by atoms with Crippen LogP contribution in [0.15, 0.2) is 84.6 Å². The number of ether oxygens (including phenoxy) is 1. The van der Waals surface area contributed by atoms with Crippen molar-refractivity contribution in [2.24, 2.45) is 0 Å². The van der Waals surface area contributed by atoms with Crippen molar-refractivity contribution in [3.8, 4) is 11.8 Å². The highest BCUT2D eigenvalue weighted by molar-refractivity contribution is 6.11. The van der Waals surface area contributed by atoms with Gasteiger partial charge >= 0.3 is 0 Å². The Bertz CT molecular complexity index is 1460. The van der Waals surface area contributed by atoms with Crippen molar-refractivity contribution in [3.63, 3.8) is 0 Å². The molecule has 2 N–H and O–H groups in total. The first-order valence-electron chi connectivity index (χ1n) is 11.0. The number of fused-ring (bicyclic) bond motifs is 1. The predicted octanol–water partition coefficient (Wildman–Crippen LogP) is 5.14. The van der Waals surface area contributed by atoms with Gasteiger partial charge in [-0.25, -0.2) is 0 Å². The lowest BCUT2D eigenvalue weighted by Crippen LogP contribution is -2.18. The second-order valence-corrected chi connectivity index (χ2v) is 8.00. The second kappa shape index (κ2) is 10.4. The summed E-state index contributed by atoms with van der Waals surface area (Å²) in [4.78, 5) is 25.5. The molecule has 1 heterocycles. The van der Waals surface area contributed by atoms with E-state index >= 15 is 0 Å². The van der Waals surface area contributed by atoms with Crippen molar-refractivity contribution in [1.82, 2.24) is 4.57 Å². The number of anilines is 2. The van der Waals surface area contributed by atoms with Gasteiger partial charge in [0.05, 0.1) is 7.11 Å². The summed E-state index contributed by atoms with van der Waals surface area (Å²) in [6.45, 7) is 2.07. The lowest BCUT2D eigenvalue weighted by molar-refractivity contribution is -0.116. The number of aryl methyl sites for hydroxylation is 1. The Morgan fingerprint density at radius 1 is 1.00 bits per heavy atom. The fourth-order valence-corrected chi connectivity index (χ4v) is 3.72. The number of aromatic nitrogens is 1.